The molecule has 7 heteroatoms. The molecular formula is C21H23NO5S. The van der Waals surface area contributed by atoms with E-state index in [-0.39, 0.29) is 11.5 Å². The fourth-order valence-electron chi connectivity index (χ4n) is 2.98. The minimum atomic E-state index is -1.02. The quantitative estimate of drug-likeness (QED) is 0.547. The second kappa shape index (κ2) is 9.61. The minimum absolute atomic E-state index is 0.248. The van der Waals surface area contributed by atoms with Gasteiger partial charge in [0.2, 0.25) is 6.10 Å². The molecule has 0 aromatic heterocycles. The molecular weight excluding hydrogens is 378 g/mol. The summed E-state index contributed by atoms with van der Waals surface area (Å²) in [6, 6.07) is 14.3. The van der Waals surface area contributed by atoms with Crippen molar-refractivity contribution in [3.05, 3.63) is 59.7 Å². The van der Waals surface area contributed by atoms with Crippen LogP contribution in [0.2, 0.25) is 0 Å². The lowest BCUT2D eigenvalue weighted by molar-refractivity contribution is -0.145. The first-order chi connectivity index (χ1) is 13.6. The van der Waals surface area contributed by atoms with Crippen LogP contribution < -0.4 is 4.74 Å². The molecule has 1 aliphatic heterocycles. The van der Waals surface area contributed by atoms with Gasteiger partial charge in [-0.15, -0.1) is 11.8 Å². The van der Waals surface area contributed by atoms with Crippen molar-refractivity contribution < 1.29 is 23.8 Å². The van der Waals surface area contributed by atoms with E-state index in [4.69, 9.17) is 14.2 Å². The van der Waals surface area contributed by atoms with Crippen LogP contribution in [0.5, 0.6) is 5.75 Å². The van der Waals surface area contributed by atoms with E-state index < -0.39 is 12.1 Å². The summed E-state index contributed by atoms with van der Waals surface area (Å²) in [6.07, 6.45) is 0.927. The van der Waals surface area contributed by atoms with Crippen LogP contribution in [0.15, 0.2) is 53.4 Å². The molecule has 1 saturated heterocycles. The molecule has 2 aromatic rings. The zero-order valence-corrected chi connectivity index (χ0v) is 16.7. The van der Waals surface area contributed by atoms with Crippen molar-refractivity contribution in [2.45, 2.75) is 11.0 Å². The van der Waals surface area contributed by atoms with E-state index in [1.807, 2.05) is 30.5 Å². The zero-order valence-electron chi connectivity index (χ0n) is 15.9. The highest BCUT2D eigenvalue weighted by Crippen LogP contribution is 2.29. The number of amides is 1. The molecule has 0 bridgehead atoms. The van der Waals surface area contributed by atoms with Gasteiger partial charge in [-0.2, -0.15) is 0 Å². The Morgan fingerprint density at radius 2 is 1.82 bits per heavy atom. The standard InChI is InChI=1S/C21H23NO5S/c1-25-18-14-16(28-2)8-9-17(18)21(24)27-19(15-6-4-3-5-7-15)20(23)22-10-12-26-13-11-22/h3-9,14,19H,10-13H2,1-2H3/t19-/m0/s1. The second-order valence-corrected chi connectivity index (χ2v) is 7.08. The van der Waals surface area contributed by atoms with Crippen molar-refractivity contribution in [3.63, 3.8) is 0 Å². The summed E-state index contributed by atoms with van der Waals surface area (Å²) < 4.78 is 16.4. The van der Waals surface area contributed by atoms with Crippen molar-refractivity contribution in [1.29, 1.82) is 0 Å². The molecule has 148 valence electrons. The number of hydrogen-bond donors (Lipinski definition) is 0. The molecule has 1 fully saturated rings. The lowest BCUT2D eigenvalue weighted by atomic mass is 10.1. The van der Waals surface area contributed by atoms with Crippen molar-refractivity contribution >= 4 is 23.6 Å². The van der Waals surface area contributed by atoms with Crippen LogP contribution >= 0.6 is 11.8 Å². The first kappa shape index (κ1) is 20.2. The lowest BCUT2D eigenvalue weighted by Gasteiger charge is -2.30. The molecule has 0 radical (unpaired) electrons. The van der Waals surface area contributed by atoms with E-state index in [2.05, 4.69) is 0 Å². The Balaban J connectivity index is 1.87. The minimum Gasteiger partial charge on any atom is -0.496 e. The molecule has 1 heterocycles. The van der Waals surface area contributed by atoms with E-state index in [0.717, 1.165) is 4.90 Å². The maximum absolute atomic E-state index is 13.1. The van der Waals surface area contributed by atoms with Gasteiger partial charge in [0.05, 0.1) is 20.3 Å². The number of ether oxygens (including phenoxy) is 3. The Kier molecular flexibility index (Phi) is 6.95. The second-order valence-electron chi connectivity index (χ2n) is 6.20. The third-order valence-corrected chi connectivity index (χ3v) is 5.23. The van der Waals surface area contributed by atoms with E-state index in [9.17, 15) is 9.59 Å². The number of methoxy groups -OCH3 is 1. The molecule has 0 saturated carbocycles. The molecule has 0 unspecified atom stereocenters. The molecule has 3 rings (SSSR count). The van der Waals surface area contributed by atoms with E-state index in [0.29, 0.717) is 37.6 Å². The molecule has 0 N–H and O–H groups in total. The Hall–Kier alpha value is -2.51. The average molecular weight is 401 g/mol. The highest BCUT2D eigenvalue weighted by molar-refractivity contribution is 7.98. The molecule has 1 atom stereocenters. The van der Waals surface area contributed by atoms with Crippen molar-refractivity contribution in [2.75, 3.05) is 39.7 Å². The van der Waals surface area contributed by atoms with Gasteiger partial charge in [-0.25, -0.2) is 4.79 Å². The number of hydrogen-bond acceptors (Lipinski definition) is 6. The third-order valence-electron chi connectivity index (χ3n) is 4.50. The van der Waals surface area contributed by atoms with Gasteiger partial charge in [0, 0.05) is 23.5 Å². The number of morpholine rings is 1. The molecule has 2 aromatic carbocycles. The largest absolute Gasteiger partial charge is 0.496 e. The molecule has 1 amide bonds. The van der Waals surface area contributed by atoms with Crippen LogP contribution in [0.3, 0.4) is 0 Å². The van der Waals surface area contributed by atoms with Gasteiger partial charge >= 0.3 is 5.97 Å². The van der Waals surface area contributed by atoms with Gasteiger partial charge in [-0.1, -0.05) is 30.3 Å². The van der Waals surface area contributed by atoms with Crippen LogP contribution in [0, 0.1) is 0 Å². The first-order valence-corrected chi connectivity index (χ1v) is 10.2. The molecule has 0 spiro atoms. The summed E-state index contributed by atoms with van der Waals surface area (Å²) in [5, 5.41) is 0. The Morgan fingerprint density at radius 3 is 2.46 bits per heavy atom. The van der Waals surface area contributed by atoms with Gasteiger partial charge < -0.3 is 19.1 Å². The maximum Gasteiger partial charge on any atom is 0.343 e. The Morgan fingerprint density at radius 1 is 1.11 bits per heavy atom. The fourth-order valence-corrected chi connectivity index (χ4v) is 3.41. The fraction of sp³-hybridized carbons (Fsp3) is 0.333. The average Bonchev–Trinajstić information content (AvgIpc) is 2.77. The predicted octanol–water partition coefficient (Wildman–Crippen LogP) is 3.17. The maximum atomic E-state index is 13.1. The van der Waals surface area contributed by atoms with Crippen molar-refractivity contribution in [2.24, 2.45) is 0 Å². The summed E-state index contributed by atoms with van der Waals surface area (Å²) in [6.45, 7) is 1.91. The number of rotatable bonds is 6. The van der Waals surface area contributed by atoms with Crippen LogP contribution in [-0.2, 0) is 14.3 Å². The monoisotopic (exact) mass is 401 g/mol. The summed E-state index contributed by atoms with van der Waals surface area (Å²) in [4.78, 5) is 28.6. The molecule has 0 aliphatic carbocycles. The van der Waals surface area contributed by atoms with Crippen LogP contribution in [0.1, 0.15) is 22.0 Å². The van der Waals surface area contributed by atoms with Gasteiger partial charge in [0.15, 0.2) is 0 Å². The van der Waals surface area contributed by atoms with Crippen molar-refractivity contribution in [1.82, 2.24) is 4.90 Å². The van der Waals surface area contributed by atoms with Gasteiger partial charge in [-0.3, -0.25) is 4.79 Å². The first-order valence-electron chi connectivity index (χ1n) is 8.98. The number of benzene rings is 2. The SMILES string of the molecule is COc1cc(SC)ccc1C(=O)O[C@H](C(=O)N1CCOCC1)c1ccccc1. The van der Waals surface area contributed by atoms with Crippen LogP contribution in [0.4, 0.5) is 0 Å². The smallest absolute Gasteiger partial charge is 0.343 e. The Bertz CT molecular complexity index is 821. The van der Waals surface area contributed by atoms with E-state index in [1.165, 1.54) is 7.11 Å². The summed E-state index contributed by atoms with van der Waals surface area (Å²) >= 11 is 1.55. The third kappa shape index (κ3) is 4.66. The topological polar surface area (TPSA) is 65.1 Å². The zero-order chi connectivity index (χ0) is 19.9. The number of carbonyl (C=O) groups excluding carboxylic acids is 2. The number of carbonyl (C=O) groups is 2. The molecule has 1 aliphatic rings. The van der Waals surface area contributed by atoms with E-state index >= 15 is 0 Å². The molecule has 28 heavy (non-hydrogen) atoms. The lowest BCUT2D eigenvalue weighted by Crippen LogP contribution is -2.44. The highest BCUT2D eigenvalue weighted by Gasteiger charge is 2.31. The van der Waals surface area contributed by atoms with Gasteiger partial charge in [0.25, 0.3) is 5.91 Å². The summed E-state index contributed by atoms with van der Waals surface area (Å²) in [5.74, 6) is -0.426. The summed E-state index contributed by atoms with van der Waals surface area (Å²) in [5.41, 5.74) is 0.919. The van der Waals surface area contributed by atoms with Gasteiger partial charge in [0.1, 0.15) is 11.3 Å². The van der Waals surface area contributed by atoms with Gasteiger partial charge in [-0.05, 0) is 24.5 Å². The highest BCUT2D eigenvalue weighted by atomic mass is 32.2. The number of nitrogens with zero attached hydrogens (tertiary/aromatic N) is 1. The van der Waals surface area contributed by atoms with E-state index in [1.54, 1.807) is 40.9 Å². The normalized spacial score (nSPS) is 15.0. The number of esters is 1. The van der Waals surface area contributed by atoms with Crippen molar-refractivity contribution in [3.8, 4) is 5.75 Å². The van der Waals surface area contributed by atoms with Crippen LogP contribution in [-0.4, -0.2) is 56.4 Å². The Labute approximate surface area is 168 Å². The summed E-state index contributed by atoms with van der Waals surface area (Å²) in [7, 11) is 1.50. The number of thioether (sulfide) groups is 1. The van der Waals surface area contributed by atoms with Crippen LogP contribution in [0.25, 0.3) is 0 Å². The predicted molar refractivity (Wildman–Crippen MR) is 107 cm³/mol. The molecule has 6 nitrogen and oxygen atoms in total.